The monoisotopic (exact) mass is 144 g/mol. The Labute approximate surface area is 59.8 Å². The van der Waals surface area contributed by atoms with Crippen LogP contribution in [0.25, 0.3) is 0 Å². The van der Waals surface area contributed by atoms with E-state index in [-0.39, 0.29) is 5.78 Å². The second kappa shape index (κ2) is 2.31. The van der Waals surface area contributed by atoms with Gasteiger partial charge < -0.3 is 5.32 Å². The average molecular weight is 144 g/mol. The maximum Gasteiger partial charge on any atom is 0.150 e. The number of carbonyl (C=O) groups is 1. The normalized spacial score (nSPS) is 38.9. The van der Waals surface area contributed by atoms with Gasteiger partial charge in [-0.1, -0.05) is 0 Å². The molecule has 0 unspecified atom stereocenters. The number of likely N-dealkylation sites (N-methyl/N-ethyl adjacent to an activating group) is 1. The maximum absolute atomic E-state index is 12.4. The summed E-state index contributed by atoms with van der Waals surface area (Å²) in [7, 11) is 1.70. The smallest absolute Gasteiger partial charge is 0.150 e. The van der Waals surface area contributed by atoms with Crippen molar-refractivity contribution in [2.24, 2.45) is 0 Å². The molecule has 10 heavy (non-hydrogen) atoms. The number of hydrogen-bond donors (Lipinski definition) is 1. The van der Waals surface area contributed by atoms with Crippen molar-refractivity contribution in [2.75, 3.05) is 7.05 Å². The first kappa shape index (κ1) is 7.66. The molecule has 1 aliphatic carbocycles. The van der Waals surface area contributed by atoms with Crippen LogP contribution in [0.3, 0.4) is 0 Å². The van der Waals surface area contributed by atoms with Crippen molar-refractivity contribution in [3.63, 3.8) is 0 Å². The highest BCUT2D eigenvalue weighted by Gasteiger charge is 2.47. The quantitative estimate of drug-likeness (QED) is 0.617. The van der Waals surface area contributed by atoms with Gasteiger partial charge in [0.2, 0.25) is 0 Å². The zero-order valence-corrected chi connectivity index (χ0v) is 6.28. The summed E-state index contributed by atoms with van der Waals surface area (Å²) in [5.74, 6) is 0.0453. The van der Waals surface area contributed by atoms with Crippen LogP contribution in [0.4, 0.5) is 4.39 Å². The number of nitrogens with one attached hydrogen (secondary N) is 1. The van der Waals surface area contributed by atoms with Gasteiger partial charge in [0.1, 0.15) is 12.0 Å². The molecule has 0 aromatic rings. The van der Waals surface area contributed by atoms with E-state index in [9.17, 15) is 9.18 Å². The van der Waals surface area contributed by atoms with Gasteiger partial charge in [-0.25, -0.2) is 4.39 Å². The third kappa shape index (κ3) is 0.944. The molecule has 0 saturated heterocycles. The van der Waals surface area contributed by atoms with Crippen LogP contribution >= 0.6 is 0 Å². The lowest BCUT2D eigenvalue weighted by Gasteiger charge is -2.41. The van der Waals surface area contributed by atoms with Crippen molar-refractivity contribution in [2.45, 2.75) is 31.5 Å². The highest BCUT2D eigenvalue weighted by Crippen LogP contribution is 2.34. The van der Waals surface area contributed by atoms with E-state index < -0.39 is 11.7 Å². The summed E-state index contributed by atoms with van der Waals surface area (Å²) >= 11 is 0. The molecule has 58 valence electrons. The van der Waals surface area contributed by atoms with Crippen molar-refractivity contribution >= 4 is 5.78 Å². The lowest BCUT2D eigenvalue weighted by Crippen LogP contribution is -2.59. The first-order chi connectivity index (χ1) is 4.60. The van der Waals surface area contributed by atoms with Crippen LogP contribution < -0.4 is 5.32 Å². The summed E-state index contributed by atoms with van der Waals surface area (Å²) in [6, 6.07) is 0. The summed E-state index contributed by atoms with van der Waals surface area (Å²) < 4.78 is 12.4. The molecular weight excluding hydrogens is 132 g/mol. The highest BCUT2D eigenvalue weighted by atomic mass is 18.2. The molecule has 0 atom stereocenters. The SMILES string of the molecule is CNC1(C(C)=O)CC([18F])C1. The molecule has 0 bridgehead atoms. The van der Waals surface area contributed by atoms with Crippen molar-refractivity contribution < 1.29 is 9.18 Å². The predicted molar refractivity (Wildman–Crippen MR) is 36.6 cm³/mol. The van der Waals surface area contributed by atoms with Gasteiger partial charge in [-0.15, -0.1) is 0 Å². The molecule has 0 aromatic heterocycles. The number of ketones is 1. The van der Waals surface area contributed by atoms with Gasteiger partial charge in [-0.2, -0.15) is 0 Å². The van der Waals surface area contributed by atoms with E-state index in [0.717, 1.165) is 0 Å². The van der Waals surface area contributed by atoms with Crippen molar-refractivity contribution in [1.29, 1.82) is 0 Å². The topological polar surface area (TPSA) is 29.1 Å². The van der Waals surface area contributed by atoms with E-state index in [2.05, 4.69) is 5.32 Å². The van der Waals surface area contributed by atoms with Gasteiger partial charge in [0.15, 0.2) is 0 Å². The second-order valence-electron chi connectivity index (χ2n) is 2.89. The molecule has 1 saturated carbocycles. The maximum atomic E-state index is 12.4. The van der Waals surface area contributed by atoms with E-state index in [1.54, 1.807) is 7.05 Å². The number of rotatable bonds is 2. The zero-order valence-electron chi connectivity index (χ0n) is 6.28. The van der Waals surface area contributed by atoms with Crippen LogP contribution in [-0.4, -0.2) is 24.5 Å². The zero-order chi connectivity index (χ0) is 7.78. The first-order valence-corrected chi connectivity index (χ1v) is 3.45. The number of halogens is 1. The average Bonchev–Trinajstić information content (AvgIpc) is 1.79. The van der Waals surface area contributed by atoms with Crippen LogP contribution in [0.1, 0.15) is 19.8 Å². The molecular formula is C7H12FNO. The Hall–Kier alpha value is -0.440. The molecule has 0 aromatic carbocycles. The van der Waals surface area contributed by atoms with E-state index in [1.807, 2.05) is 0 Å². The molecule has 0 spiro atoms. The molecule has 0 amide bonds. The Bertz CT molecular complexity index is 152. The van der Waals surface area contributed by atoms with E-state index in [1.165, 1.54) is 6.92 Å². The van der Waals surface area contributed by atoms with Gasteiger partial charge in [-0.3, -0.25) is 4.79 Å². The number of Topliss-reactive ketones (excluding diaryl/α,β-unsaturated/α-hetero) is 1. The van der Waals surface area contributed by atoms with Crippen molar-refractivity contribution in [3.8, 4) is 0 Å². The van der Waals surface area contributed by atoms with Gasteiger partial charge >= 0.3 is 0 Å². The third-order valence-electron chi connectivity index (χ3n) is 2.29. The van der Waals surface area contributed by atoms with Crippen LogP contribution in [0.5, 0.6) is 0 Å². The fourth-order valence-electron chi connectivity index (χ4n) is 1.36. The minimum atomic E-state index is -0.781. The lowest BCUT2D eigenvalue weighted by atomic mass is 9.72. The minimum Gasteiger partial charge on any atom is -0.308 e. The highest BCUT2D eigenvalue weighted by molar-refractivity contribution is 5.87. The summed E-state index contributed by atoms with van der Waals surface area (Å²) in [6.45, 7) is 1.50. The number of alkyl halides is 1. The first-order valence-electron chi connectivity index (χ1n) is 3.45. The van der Waals surface area contributed by atoms with Gasteiger partial charge in [0, 0.05) is 12.8 Å². The molecule has 0 heterocycles. The molecule has 1 rings (SSSR count). The summed E-state index contributed by atoms with van der Waals surface area (Å²) in [5.41, 5.74) is -0.528. The van der Waals surface area contributed by atoms with Gasteiger partial charge in [0.25, 0.3) is 0 Å². The van der Waals surface area contributed by atoms with Crippen LogP contribution in [0.2, 0.25) is 0 Å². The van der Waals surface area contributed by atoms with E-state index in [4.69, 9.17) is 0 Å². The molecule has 3 heteroatoms. The van der Waals surface area contributed by atoms with E-state index >= 15 is 0 Å². The second-order valence-corrected chi connectivity index (χ2v) is 2.89. The lowest BCUT2D eigenvalue weighted by molar-refractivity contribution is -0.129. The Morgan fingerprint density at radius 1 is 1.70 bits per heavy atom. The predicted octanol–water partition coefficient (Wildman–Crippen LogP) is 0.665. The number of carbonyl (C=O) groups excluding carboxylic acids is 1. The molecule has 0 radical (unpaired) electrons. The summed E-state index contributed by atoms with van der Waals surface area (Å²) in [5, 5.41) is 2.86. The Morgan fingerprint density at radius 3 is 2.30 bits per heavy atom. The Morgan fingerprint density at radius 2 is 2.20 bits per heavy atom. The molecule has 1 N–H and O–H groups in total. The molecule has 1 aliphatic rings. The Kier molecular flexibility index (Phi) is 1.77. The summed E-state index contributed by atoms with van der Waals surface area (Å²) in [4.78, 5) is 10.9. The summed E-state index contributed by atoms with van der Waals surface area (Å²) in [6.07, 6.45) is -0.0890. The fraction of sp³-hybridized carbons (Fsp3) is 0.857. The van der Waals surface area contributed by atoms with Gasteiger partial charge in [0.05, 0.1) is 5.54 Å². The molecule has 0 aliphatic heterocycles. The fourth-order valence-corrected chi connectivity index (χ4v) is 1.36. The Balaban J connectivity index is 2.56. The van der Waals surface area contributed by atoms with Crippen LogP contribution in [0.15, 0.2) is 0 Å². The molecule has 2 nitrogen and oxygen atoms in total. The van der Waals surface area contributed by atoms with Crippen LogP contribution in [-0.2, 0) is 4.79 Å². The van der Waals surface area contributed by atoms with E-state index in [0.29, 0.717) is 12.8 Å². The standard InChI is InChI=1S/C7H12FNO/c1-5(10)7(9-2)3-6(8)4-7/h6,9H,3-4H2,1-2H3/i8-1. The van der Waals surface area contributed by atoms with Crippen molar-refractivity contribution in [3.05, 3.63) is 0 Å². The molecule has 1 fully saturated rings. The van der Waals surface area contributed by atoms with Crippen LogP contribution in [0, 0.1) is 0 Å². The van der Waals surface area contributed by atoms with Crippen molar-refractivity contribution in [1.82, 2.24) is 5.32 Å². The third-order valence-corrected chi connectivity index (χ3v) is 2.29. The minimum absolute atomic E-state index is 0.0453. The largest absolute Gasteiger partial charge is 0.308 e. The number of hydrogen-bond acceptors (Lipinski definition) is 2. The van der Waals surface area contributed by atoms with Gasteiger partial charge in [-0.05, 0) is 14.0 Å².